The van der Waals surface area contributed by atoms with E-state index in [-0.39, 0.29) is 11.6 Å². The number of benzene rings is 4. The number of hydrogen-bond acceptors (Lipinski definition) is 4. The smallest absolute Gasteiger partial charge is 0.234 e. The van der Waals surface area contributed by atoms with Gasteiger partial charge in [0.1, 0.15) is 0 Å². The molecule has 2 aliphatic rings. The Labute approximate surface area is 196 Å². The van der Waals surface area contributed by atoms with Crippen LogP contribution in [0.2, 0.25) is 0 Å². The molecular formula is C30H20O4. The SMILES string of the molecule is CCc1ccc2c(c1)C(=O)c1ccccc1C2=O.O=C1C(=O)c2ccccc2-c2ccccc21. The van der Waals surface area contributed by atoms with E-state index in [2.05, 4.69) is 0 Å². The fourth-order valence-corrected chi connectivity index (χ4v) is 4.44. The molecular weight excluding hydrogens is 424 g/mol. The van der Waals surface area contributed by atoms with Gasteiger partial charge in [0.15, 0.2) is 11.6 Å². The van der Waals surface area contributed by atoms with Crippen molar-refractivity contribution in [2.24, 2.45) is 0 Å². The standard InChI is InChI=1S/C16H12O2.C14H8O2/c1-2-10-7-8-13-14(9-10)16(18)12-6-4-3-5-11(12)15(13)17;15-13-11-7-3-1-5-9(11)10-6-2-4-8-12(10)14(13)16/h3-9H,2H2,1H3;1-8H. The lowest BCUT2D eigenvalue weighted by Crippen LogP contribution is -2.20. The predicted octanol–water partition coefficient (Wildman–Crippen LogP) is 5.76. The van der Waals surface area contributed by atoms with E-state index in [1.165, 1.54) is 0 Å². The van der Waals surface area contributed by atoms with Crippen molar-refractivity contribution >= 4 is 23.1 Å². The highest BCUT2D eigenvalue weighted by molar-refractivity contribution is 6.52. The van der Waals surface area contributed by atoms with Gasteiger partial charge >= 0.3 is 0 Å². The van der Waals surface area contributed by atoms with Crippen LogP contribution >= 0.6 is 0 Å². The lowest BCUT2D eigenvalue weighted by atomic mass is 9.83. The number of carbonyl (C=O) groups excluding carboxylic acids is 4. The lowest BCUT2D eigenvalue weighted by Gasteiger charge is -2.17. The third-order valence-corrected chi connectivity index (χ3v) is 6.24. The minimum Gasteiger partial charge on any atom is -0.289 e. The molecule has 0 aromatic heterocycles. The van der Waals surface area contributed by atoms with Crippen LogP contribution in [0.5, 0.6) is 0 Å². The zero-order chi connectivity index (χ0) is 23.8. The highest BCUT2D eigenvalue weighted by atomic mass is 16.2. The van der Waals surface area contributed by atoms with E-state index in [4.69, 9.17) is 0 Å². The summed E-state index contributed by atoms with van der Waals surface area (Å²) in [5, 5.41) is 0. The van der Waals surface area contributed by atoms with Crippen LogP contribution in [0.25, 0.3) is 11.1 Å². The van der Waals surface area contributed by atoms with Gasteiger partial charge in [-0.2, -0.15) is 0 Å². The lowest BCUT2D eigenvalue weighted by molar-refractivity contribution is 0.0815. The van der Waals surface area contributed by atoms with Crippen LogP contribution in [0.3, 0.4) is 0 Å². The summed E-state index contributed by atoms with van der Waals surface area (Å²) in [4.78, 5) is 48.3. The molecule has 0 saturated carbocycles. The molecule has 0 atom stereocenters. The van der Waals surface area contributed by atoms with Gasteiger partial charge in [-0.15, -0.1) is 0 Å². The van der Waals surface area contributed by atoms with Crippen molar-refractivity contribution in [3.63, 3.8) is 0 Å². The number of carbonyl (C=O) groups is 4. The summed E-state index contributed by atoms with van der Waals surface area (Å²) in [5.41, 5.74) is 5.88. The van der Waals surface area contributed by atoms with Crippen LogP contribution in [-0.2, 0) is 6.42 Å². The van der Waals surface area contributed by atoms with Gasteiger partial charge in [-0.1, -0.05) is 91.9 Å². The number of rotatable bonds is 1. The Morgan fingerprint density at radius 3 is 1.21 bits per heavy atom. The van der Waals surface area contributed by atoms with E-state index in [1.54, 1.807) is 54.6 Å². The van der Waals surface area contributed by atoms with Gasteiger partial charge in [-0.3, -0.25) is 19.2 Å². The average molecular weight is 444 g/mol. The first-order valence-electron chi connectivity index (χ1n) is 11.1. The largest absolute Gasteiger partial charge is 0.289 e. The van der Waals surface area contributed by atoms with Gasteiger partial charge in [0.25, 0.3) is 0 Å². The maximum Gasteiger partial charge on any atom is 0.234 e. The number of hydrogen-bond donors (Lipinski definition) is 0. The maximum absolute atomic E-state index is 12.4. The van der Waals surface area contributed by atoms with Gasteiger partial charge in [0, 0.05) is 33.4 Å². The first kappa shape index (κ1) is 21.4. The van der Waals surface area contributed by atoms with Gasteiger partial charge in [-0.25, -0.2) is 0 Å². The first-order chi connectivity index (χ1) is 16.5. The molecule has 0 spiro atoms. The van der Waals surface area contributed by atoms with Gasteiger partial charge in [0.05, 0.1) is 0 Å². The summed E-state index contributed by atoms with van der Waals surface area (Å²) in [5.74, 6) is -0.915. The van der Waals surface area contributed by atoms with Crippen molar-refractivity contribution in [2.75, 3.05) is 0 Å². The molecule has 0 aliphatic heterocycles. The summed E-state index contributed by atoms with van der Waals surface area (Å²) in [6, 6.07) is 27.0. The van der Waals surface area contributed by atoms with E-state index in [1.807, 2.05) is 43.3 Å². The summed E-state index contributed by atoms with van der Waals surface area (Å²) in [7, 11) is 0. The number of Topliss-reactive ketones (excluding diaryl/α,β-unsaturated/α-hetero) is 2. The molecule has 0 radical (unpaired) electrons. The van der Waals surface area contributed by atoms with E-state index in [0.717, 1.165) is 23.1 Å². The Kier molecular flexibility index (Phi) is 5.34. The third-order valence-electron chi connectivity index (χ3n) is 6.24. The third kappa shape index (κ3) is 3.41. The quantitative estimate of drug-likeness (QED) is 0.309. The minimum absolute atomic E-state index is 0.0458. The molecule has 4 aromatic rings. The zero-order valence-electron chi connectivity index (χ0n) is 18.5. The zero-order valence-corrected chi connectivity index (χ0v) is 18.5. The second kappa shape index (κ2) is 8.49. The van der Waals surface area contributed by atoms with Crippen LogP contribution in [0, 0.1) is 0 Å². The van der Waals surface area contributed by atoms with E-state index >= 15 is 0 Å². The second-order valence-electron chi connectivity index (χ2n) is 8.19. The Hall–Kier alpha value is -4.44. The fourth-order valence-electron chi connectivity index (χ4n) is 4.44. The van der Waals surface area contributed by atoms with E-state index in [9.17, 15) is 19.2 Å². The molecule has 4 heteroatoms. The molecule has 0 unspecified atom stereocenters. The topological polar surface area (TPSA) is 68.3 Å². The van der Waals surface area contributed by atoms with Gasteiger partial charge in [-0.05, 0) is 29.2 Å². The Morgan fingerprint density at radius 2 is 0.765 bits per heavy atom. The van der Waals surface area contributed by atoms with Crippen molar-refractivity contribution in [3.05, 3.63) is 130 Å². The molecule has 6 rings (SSSR count). The Morgan fingerprint density at radius 1 is 0.412 bits per heavy atom. The second-order valence-corrected chi connectivity index (χ2v) is 8.19. The number of aryl methyl sites for hydroxylation is 1. The maximum atomic E-state index is 12.4. The minimum atomic E-state index is -0.408. The van der Waals surface area contributed by atoms with Crippen LogP contribution in [0.1, 0.15) is 65.0 Å². The summed E-state index contributed by atoms with van der Waals surface area (Å²) < 4.78 is 0. The van der Waals surface area contributed by atoms with Crippen LogP contribution in [0.4, 0.5) is 0 Å². The molecule has 2 aliphatic carbocycles. The monoisotopic (exact) mass is 444 g/mol. The highest BCUT2D eigenvalue weighted by Gasteiger charge is 2.30. The average Bonchev–Trinajstić information content (AvgIpc) is 2.90. The molecule has 164 valence electrons. The van der Waals surface area contributed by atoms with Crippen molar-refractivity contribution in [3.8, 4) is 11.1 Å². The highest BCUT2D eigenvalue weighted by Crippen LogP contribution is 2.33. The molecule has 0 saturated heterocycles. The molecule has 0 heterocycles. The van der Waals surface area contributed by atoms with Crippen molar-refractivity contribution in [1.82, 2.24) is 0 Å². The fraction of sp³-hybridized carbons (Fsp3) is 0.0667. The van der Waals surface area contributed by atoms with Gasteiger partial charge < -0.3 is 0 Å². The molecule has 4 aromatic carbocycles. The van der Waals surface area contributed by atoms with Crippen molar-refractivity contribution in [1.29, 1.82) is 0 Å². The molecule has 0 amide bonds. The molecule has 4 nitrogen and oxygen atoms in total. The van der Waals surface area contributed by atoms with E-state index in [0.29, 0.717) is 33.4 Å². The molecule has 0 N–H and O–H groups in total. The first-order valence-corrected chi connectivity index (χ1v) is 11.1. The normalized spacial score (nSPS) is 13.2. The molecule has 0 bridgehead atoms. The predicted molar refractivity (Wildman–Crippen MR) is 130 cm³/mol. The van der Waals surface area contributed by atoms with Crippen LogP contribution < -0.4 is 0 Å². The van der Waals surface area contributed by atoms with E-state index < -0.39 is 11.6 Å². The Bertz CT molecular complexity index is 1450. The summed E-state index contributed by atoms with van der Waals surface area (Å²) in [6.07, 6.45) is 0.858. The van der Waals surface area contributed by atoms with Crippen LogP contribution in [0.15, 0.2) is 91.0 Å². The van der Waals surface area contributed by atoms with Crippen molar-refractivity contribution in [2.45, 2.75) is 13.3 Å². The number of ketones is 4. The van der Waals surface area contributed by atoms with Crippen molar-refractivity contribution < 1.29 is 19.2 Å². The number of fused-ring (bicyclic) bond motifs is 5. The Balaban J connectivity index is 0.000000142. The van der Waals surface area contributed by atoms with Crippen LogP contribution in [-0.4, -0.2) is 23.1 Å². The molecule has 0 fully saturated rings. The summed E-state index contributed by atoms with van der Waals surface area (Å²) >= 11 is 0. The molecule has 34 heavy (non-hydrogen) atoms. The summed E-state index contributed by atoms with van der Waals surface area (Å²) in [6.45, 7) is 2.03. The van der Waals surface area contributed by atoms with Gasteiger partial charge in [0.2, 0.25) is 11.6 Å².